The average Bonchev–Trinajstić information content (AvgIpc) is 2.76. The fraction of sp³-hybridized carbons (Fsp3) is 0.391. The van der Waals surface area contributed by atoms with Gasteiger partial charge in [0.25, 0.3) is 5.91 Å². The molecule has 0 saturated carbocycles. The molecule has 0 radical (unpaired) electrons. The predicted octanol–water partition coefficient (Wildman–Crippen LogP) is 3.19. The molecule has 2 rings (SSSR count). The Morgan fingerprint density at radius 2 is 1.81 bits per heavy atom. The van der Waals surface area contributed by atoms with Crippen LogP contribution < -0.4 is 20.1 Å². The molecule has 7 nitrogen and oxygen atoms in total. The van der Waals surface area contributed by atoms with E-state index in [-0.39, 0.29) is 29.9 Å². The highest BCUT2D eigenvalue weighted by Crippen LogP contribution is 2.18. The monoisotopic (exact) mass is 540 g/mol. The summed E-state index contributed by atoms with van der Waals surface area (Å²) in [4.78, 5) is 18.3. The minimum Gasteiger partial charge on any atom is -0.497 e. The number of hydrogen-bond acceptors (Lipinski definition) is 4. The van der Waals surface area contributed by atoms with Crippen LogP contribution in [-0.4, -0.2) is 64.2 Å². The second-order valence-corrected chi connectivity index (χ2v) is 6.86. The van der Waals surface area contributed by atoms with E-state index in [0.717, 1.165) is 36.0 Å². The van der Waals surface area contributed by atoms with Gasteiger partial charge in [0.05, 0.1) is 13.7 Å². The van der Waals surface area contributed by atoms with Gasteiger partial charge < -0.3 is 25.0 Å². The minimum atomic E-state index is 0. The van der Waals surface area contributed by atoms with Crippen molar-refractivity contribution in [3.05, 3.63) is 59.7 Å². The van der Waals surface area contributed by atoms with Gasteiger partial charge in [0.1, 0.15) is 18.1 Å². The standard InChI is InChI=1S/C23H32N4O3.HI/c1-5-24-23(26-14-15-30-21-11-7-10-20(17-21)29-4)25-13-12-18-8-6-9-19(16-18)22(28)27(2)3;/h6-11,16-17H,5,12-15H2,1-4H3,(H2,24,25,26);1H. The molecular formula is C23H33IN4O3. The van der Waals surface area contributed by atoms with Crippen LogP contribution in [-0.2, 0) is 6.42 Å². The van der Waals surface area contributed by atoms with E-state index in [4.69, 9.17) is 9.47 Å². The van der Waals surface area contributed by atoms with E-state index in [1.807, 2.05) is 55.5 Å². The summed E-state index contributed by atoms with van der Waals surface area (Å²) in [6, 6.07) is 15.2. The van der Waals surface area contributed by atoms with E-state index in [1.54, 1.807) is 26.1 Å². The number of benzene rings is 2. The quantitative estimate of drug-likeness (QED) is 0.210. The number of hydrogen-bond donors (Lipinski definition) is 2. The number of aliphatic imine (C=N–C) groups is 1. The fourth-order valence-electron chi connectivity index (χ4n) is 2.79. The van der Waals surface area contributed by atoms with Crippen LogP contribution in [0.2, 0.25) is 0 Å². The highest BCUT2D eigenvalue weighted by molar-refractivity contribution is 14.0. The van der Waals surface area contributed by atoms with Gasteiger partial charge in [-0.1, -0.05) is 18.2 Å². The van der Waals surface area contributed by atoms with Crippen molar-refractivity contribution in [2.45, 2.75) is 13.3 Å². The second-order valence-electron chi connectivity index (χ2n) is 6.86. The van der Waals surface area contributed by atoms with Crippen LogP contribution >= 0.6 is 24.0 Å². The van der Waals surface area contributed by atoms with Crippen LogP contribution in [0, 0.1) is 0 Å². The lowest BCUT2D eigenvalue weighted by Crippen LogP contribution is -2.39. The first kappa shape index (κ1) is 26.5. The van der Waals surface area contributed by atoms with Crippen molar-refractivity contribution >= 4 is 35.8 Å². The summed E-state index contributed by atoms with van der Waals surface area (Å²) in [6.07, 6.45) is 0.755. The lowest BCUT2D eigenvalue weighted by molar-refractivity contribution is 0.0827. The van der Waals surface area contributed by atoms with Crippen LogP contribution in [0.15, 0.2) is 53.5 Å². The zero-order valence-electron chi connectivity index (χ0n) is 18.7. The molecule has 0 atom stereocenters. The Morgan fingerprint density at radius 1 is 1.06 bits per heavy atom. The Kier molecular flexibility index (Phi) is 12.4. The molecule has 0 aliphatic carbocycles. The first-order chi connectivity index (χ1) is 14.5. The molecule has 31 heavy (non-hydrogen) atoms. The minimum absolute atomic E-state index is 0. The summed E-state index contributed by atoms with van der Waals surface area (Å²) in [5, 5.41) is 6.51. The van der Waals surface area contributed by atoms with E-state index in [2.05, 4.69) is 15.6 Å². The summed E-state index contributed by atoms with van der Waals surface area (Å²) in [5.74, 6) is 2.29. The molecule has 2 N–H and O–H groups in total. The maximum atomic E-state index is 12.1. The number of carbonyl (C=O) groups is 1. The molecule has 0 bridgehead atoms. The lowest BCUT2D eigenvalue weighted by Gasteiger charge is -2.13. The smallest absolute Gasteiger partial charge is 0.253 e. The molecule has 0 aromatic heterocycles. The Bertz CT molecular complexity index is 843. The number of amides is 1. The third-order valence-corrected chi connectivity index (χ3v) is 4.30. The van der Waals surface area contributed by atoms with Gasteiger partial charge in [0.2, 0.25) is 0 Å². The Hall–Kier alpha value is -2.49. The summed E-state index contributed by atoms with van der Waals surface area (Å²) in [6.45, 7) is 4.55. The molecule has 170 valence electrons. The van der Waals surface area contributed by atoms with Gasteiger partial charge in [-0.05, 0) is 43.2 Å². The Labute approximate surface area is 202 Å². The molecular weight excluding hydrogens is 507 g/mol. The van der Waals surface area contributed by atoms with Crippen molar-refractivity contribution in [3.8, 4) is 11.5 Å². The number of nitrogens with one attached hydrogen (secondary N) is 2. The van der Waals surface area contributed by atoms with Crippen LogP contribution in [0.4, 0.5) is 0 Å². The van der Waals surface area contributed by atoms with Crippen molar-refractivity contribution in [1.82, 2.24) is 15.5 Å². The predicted molar refractivity (Wildman–Crippen MR) is 136 cm³/mol. The van der Waals surface area contributed by atoms with Crippen molar-refractivity contribution in [1.29, 1.82) is 0 Å². The van der Waals surface area contributed by atoms with E-state index >= 15 is 0 Å². The normalized spacial score (nSPS) is 10.6. The number of methoxy groups -OCH3 is 1. The van der Waals surface area contributed by atoms with Gasteiger partial charge in [-0.2, -0.15) is 0 Å². The molecule has 0 spiro atoms. The molecule has 0 saturated heterocycles. The zero-order valence-corrected chi connectivity index (χ0v) is 21.0. The molecule has 0 unspecified atom stereocenters. The molecule has 1 amide bonds. The highest BCUT2D eigenvalue weighted by Gasteiger charge is 2.08. The van der Waals surface area contributed by atoms with Gasteiger partial charge in [-0.15, -0.1) is 24.0 Å². The SMILES string of the molecule is CCNC(=NCCc1cccc(C(=O)N(C)C)c1)NCCOc1cccc(OC)c1.I. The summed E-state index contributed by atoms with van der Waals surface area (Å²) in [7, 11) is 5.15. The summed E-state index contributed by atoms with van der Waals surface area (Å²) >= 11 is 0. The molecule has 0 heterocycles. The number of ether oxygens (including phenoxy) is 2. The first-order valence-electron chi connectivity index (χ1n) is 10.1. The second kappa shape index (κ2) is 14.5. The van der Waals surface area contributed by atoms with Crippen LogP contribution in [0.3, 0.4) is 0 Å². The molecule has 2 aromatic carbocycles. The molecule has 0 aliphatic rings. The molecule has 0 aliphatic heterocycles. The lowest BCUT2D eigenvalue weighted by atomic mass is 10.1. The Balaban J connectivity index is 0.00000480. The summed E-state index contributed by atoms with van der Waals surface area (Å²) < 4.78 is 10.9. The average molecular weight is 540 g/mol. The number of halogens is 1. The first-order valence-corrected chi connectivity index (χ1v) is 10.1. The van der Waals surface area contributed by atoms with E-state index in [9.17, 15) is 4.79 Å². The maximum Gasteiger partial charge on any atom is 0.253 e. The van der Waals surface area contributed by atoms with Crippen LogP contribution in [0.5, 0.6) is 11.5 Å². The van der Waals surface area contributed by atoms with Crippen molar-refractivity contribution in [3.63, 3.8) is 0 Å². The number of rotatable bonds is 10. The van der Waals surface area contributed by atoms with Gasteiger partial charge in [0.15, 0.2) is 5.96 Å². The number of carbonyl (C=O) groups excluding carboxylic acids is 1. The van der Waals surface area contributed by atoms with Crippen molar-refractivity contribution in [2.24, 2.45) is 4.99 Å². The molecule has 8 heteroatoms. The van der Waals surface area contributed by atoms with E-state index in [0.29, 0.717) is 25.3 Å². The van der Waals surface area contributed by atoms with Gasteiger partial charge in [-0.3, -0.25) is 9.79 Å². The van der Waals surface area contributed by atoms with Crippen molar-refractivity contribution in [2.75, 3.05) is 47.4 Å². The van der Waals surface area contributed by atoms with E-state index in [1.165, 1.54) is 0 Å². The number of guanidine groups is 1. The summed E-state index contributed by atoms with van der Waals surface area (Å²) in [5.41, 5.74) is 1.78. The topological polar surface area (TPSA) is 75.2 Å². The largest absolute Gasteiger partial charge is 0.497 e. The molecule has 0 fully saturated rings. The van der Waals surface area contributed by atoms with Crippen LogP contribution in [0.25, 0.3) is 0 Å². The van der Waals surface area contributed by atoms with E-state index < -0.39 is 0 Å². The third-order valence-electron chi connectivity index (χ3n) is 4.30. The Morgan fingerprint density at radius 3 is 2.52 bits per heavy atom. The highest BCUT2D eigenvalue weighted by atomic mass is 127. The van der Waals surface area contributed by atoms with Gasteiger partial charge in [-0.25, -0.2) is 0 Å². The van der Waals surface area contributed by atoms with Crippen LogP contribution in [0.1, 0.15) is 22.8 Å². The third kappa shape index (κ3) is 9.46. The van der Waals surface area contributed by atoms with Gasteiger partial charge in [0, 0.05) is 38.8 Å². The zero-order chi connectivity index (χ0) is 21.8. The van der Waals surface area contributed by atoms with Crippen molar-refractivity contribution < 1.29 is 14.3 Å². The number of nitrogens with zero attached hydrogens (tertiary/aromatic N) is 2. The fourth-order valence-corrected chi connectivity index (χ4v) is 2.79. The molecule has 2 aromatic rings. The van der Waals surface area contributed by atoms with Gasteiger partial charge >= 0.3 is 0 Å². The maximum absolute atomic E-state index is 12.1.